The van der Waals surface area contributed by atoms with Gasteiger partial charge in [-0.2, -0.15) is 0 Å². The molecule has 0 saturated heterocycles. The third-order valence-corrected chi connectivity index (χ3v) is 2.87. The van der Waals surface area contributed by atoms with E-state index >= 15 is 0 Å². The van der Waals surface area contributed by atoms with Crippen molar-refractivity contribution in [2.75, 3.05) is 13.7 Å². The smallest absolute Gasteiger partial charge is 0.122 e. The fourth-order valence-corrected chi connectivity index (χ4v) is 2.09. The number of fused-ring (bicyclic) bond motifs is 1. The Balaban J connectivity index is 2.28. The Labute approximate surface area is 90.1 Å². The van der Waals surface area contributed by atoms with Gasteiger partial charge in [-0.3, -0.25) is 0 Å². The molecule has 1 heterocycles. The summed E-state index contributed by atoms with van der Waals surface area (Å²) >= 11 is 0. The molecule has 1 aliphatic heterocycles. The van der Waals surface area contributed by atoms with Gasteiger partial charge in [-0.05, 0) is 31.2 Å². The van der Waals surface area contributed by atoms with Crippen LogP contribution in [0.4, 0.5) is 0 Å². The molecular weight excluding hydrogens is 190 g/mol. The first kappa shape index (κ1) is 10.5. The topological polar surface area (TPSA) is 41.5 Å². The van der Waals surface area contributed by atoms with Crippen molar-refractivity contribution in [3.8, 4) is 5.75 Å². The lowest BCUT2D eigenvalue weighted by molar-refractivity contribution is 0.150. The fourth-order valence-electron chi connectivity index (χ4n) is 2.09. The molecule has 82 valence electrons. The van der Waals surface area contributed by atoms with E-state index in [1.807, 2.05) is 19.2 Å². The molecule has 2 unspecified atom stereocenters. The van der Waals surface area contributed by atoms with Crippen LogP contribution >= 0.6 is 0 Å². The molecule has 2 rings (SSSR count). The summed E-state index contributed by atoms with van der Waals surface area (Å²) in [4.78, 5) is 0. The largest absolute Gasteiger partial charge is 0.493 e. The molecule has 1 aliphatic rings. The van der Waals surface area contributed by atoms with Gasteiger partial charge in [0.05, 0.1) is 18.8 Å². The molecule has 0 spiro atoms. The first-order valence-corrected chi connectivity index (χ1v) is 5.33. The third-order valence-electron chi connectivity index (χ3n) is 2.87. The normalized spacial score (nSPS) is 18.1. The summed E-state index contributed by atoms with van der Waals surface area (Å²) in [6.45, 7) is 2.57. The van der Waals surface area contributed by atoms with Crippen LogP contribution in [0.1, 0.15) is 24.1 Å². The second-order valence-electron chi connectivity index (χ2n) is 3.97. The zero-order valence-electron chi connectivity index (χ0n) is 9.16. The Morgan fingerprint density at radius 3 is 2.93 bits per heavy atom. The highest BCUT2D eigenvalue weighted by Gasteiger charge is 2.18. The summed E-state index contributed by atoms with van der Waals surface area (Å²) in [6, 6.07) is 6.12. The molecule has 0 aromatic heterocycles. The standard InChI is InChI=1S/C12H17NO2/c1-8(14)12(13-2)10-3-4-11-9(7-10)5-6-15-11/h3-4,7-8,12-14H,5-6H2,1-2H3. The van der Waals surface area contributed by atoms with Gasteiger partial charge in [-0.1, -0.05) is 12.1 Å². The van der Waals surface area contributed by atoms with Gasteiger partial charge in [0.1, 0.15) is 5.75 Å². The molecule has 0 aliphatic carbocycles. The highest BCUT2D eigenvalue weighted by atomic mass is 16.5. The van der Waals surface area contributed by atoms with Crippen LogP contribution in [0.25, 0.3) is 0 Å². The number of benzene rings is 1. The number of hydrogen-bond acceptors (Lipinski definition) is 3. The van der Waals surface area contributed by atoms with Crippen LogP contribution in [0.2, 0.25) is 0 Å². The van der Waals surface area contributed by atoms with Crippen molar-refractivity contribution in [1.29, 1.82) is 0 Å². The predicted octanol–water partition coefficient (Wildman–Crippen LogP) is 1.26. The van der Waals surface area contributed by atoms with Crippen molar-refractivity contribution in [2.45, 2.75) is 25.5 Å². The Kier molecular flexibility index (Phi) is 2.93. The van der Waals surface area contributed by atoms with Crippen molar-refractivity contribution in [2.24, 2.45) is 0 Å². The molecule has 0 saturated carbocycles. The van der Waals surface area contributed by atoms with Crippen molar-refractivity contribution in [1.82, 2.24) is 5.32 Å². The molecule has 0 radical (unpaired) electrons. The van der Waals surface area contributed by atoms with E-state index in [2.05, 4.69) is 11.4 Å². The molecule has 3 heteroatoms. The molecular formula is C12H17NO2. The Morgan fingerprint density at radius 1 is 1.47 bits per heavy atom. The van der Waals surface area contributed by atoms with Crippen molar-refractivity contribution in [3.63, 3.8) is 0 Å². The molecule has 0 amide bonds. The number of aliphatic hydroxyl groups is 1. The number of aliphatic hydroxyl groups excluding tert-OH is 1. The minimum atomic E-state index is -0.393. The van der Waals surface area contributed by atoms with Crippen molar-refractivity contribution < 1.29 is 9.84 Å². The molecule has 1 aromatic rings. The lowest BCUT2D eigenvalue weighted by Gasteiger charge is -2.20. The van der Waals surface area contributed by atoms with E-state index in [9.17, 15) is 5.11 Å². The summed E-state index contributed by atoms with van der Waals surface area (Å²) in [5.41, 5.74) is 2.37. The number of rotatable bonds is 3. The minimum Gasteiger partial charge on any atom is -0.493 e. The highest BCUT2D eigenvalue weighted by Crippen LogP contribution is 2.28. The summed E-state index contributed by atoms with van der Waals surface area (Å²) in [5, 5.41) is 12.7. The second-order valence-corrected chi connectivity index (χ2v) is 3.97. The van der Waals surface area contributed by atoms with E-state index < -0.39 is 6.10 Å². The van der Waals surface area contributed by atoms with Gasteiger partial charge >= 0.3 is 0 Å². The Hall–Kier alpha value is -1.06. The first-order valence-electron chi connectivity index (χ1n) is 5.33. The van der Waals surface area contributed by atoms with E-state index in [1.165, 1.54) is 5.56 Å². The zero-order valence-corrected chi connectivity index (χ0v) is 9.16. The van der Waals surface area contributed by atoms with Crippen LogP contribution < -0.4 is 10.1 Å². The maximum Gasteiger partial charge on any atom is 0.122 e. The van der Waals surface area contributed by atoms with Crippen molar-refractivity contribution in [3.05, 3.63) is 29.3 Å². The lowest BCUT2D eigenvalue weighted by atomic mass is 9.99. The summed E-state index contributed by atoms with van der Waals surface area (Å²) in [6.07, 6.45) is 0.578. The third kappa shape index (κ3) is 1.98. The first-order chi connectivity index (χ1) is 7.22. The van der Waals surface area contributed by atoms with Crippen LogP contribution in [0.15, 0.2) is 18.2 Å². The predicted molar refractivity (Wildman–Crippen MR) is 59.1 cm³/mol. The molecule has 15 heavy (non-hydrogen) atoms. The average Bonchev–Trinajstić information content (AvgIpc) is 2.65. The Bertz CT molecular complexity index is 349. The molecule has 0 bridgehead atoms. The van der Waals surface area contributed by atoms with Gasteiger partial charge in [0.15, 0.2) is 0 Å². The molecule has 0 fully saturated rings. The van der Waals surface area contributed by atoms with E-state index in [4.69, 9.17) is 4.74 Å². The zero-order chi connectivity index (χ0) is 10.8. The van der Waals surface area contributed by atoms with Crippen LogP contribution in [-0.2, 0) is 6.42 Å². The SMILES string of the molecule is CNC(c1ccc2c(c1)CCO2)C(C)O. The molecule has 1 aromatic carbocycles. The number of likely N-dealkylation sites (N-methyl/N-ethyl adjacent to an activating group) is 1. The van der Waals surface area contributed by atoms with Gasteiger partial charge in [0.25, 0.3) is 0 Å². The summed E-state index contributed by atoms with van der Waals surface area (Å²) in [5.74, 6) is 0.985. The maximum absolute atomic E-state index is 9.62. The van der Waals surface area contributed by atoms with Gasteiger partial charge in [0, 0.05) is 6.42 Å². The Morgan fingerprint density at radius 2 is 2.27 bits per heavy atom. The van der Waals surface area contributed by atoms with E-state index in [1.54, 1.807) is 6.92 Å². The average molecular weight is 207 g/mol. The van der Waals surface area contributed by atoms with Crippen LogP contribution in [-0.4, -0.2) is 24.9 Å². The lowest BCUT2D eigenvalue weighted by Crippen LogP contribution is -2.27. The van der Waals surface area contributed by atoms with E-state index in [0.717, 1.165) is 24.3 Å². The summed E-state index contributed by atoms with van der Waals surface area (Å²) < 4.78 is 5.44. The second kappa shape index (κ2) is 4.21. The number of nitrogens with one attached hydrogen (secondary N) is 1. The van der Waals surface area contributed by atoms with Gasteiger partial charge in [-0.15, -0.1) is 0 Å². The molecule has 3 nitrogen and oxygen atoms in total. The van der Waals surface area contributed by atoms with Crippen LogP contribution in [0, 0.1) is 0 Å². The van der Waals surface area contributed by atoms with Crippen LogP contribution in [0.3, 0.4) is 0 Å². The molecule has 2 atom stereocenters. The number of ether oxygens (including phenoxy) is 1. The summed E-state index contributed by atoms with van der Waals surface area (Å²) in [7, 11) is 1.86. The molecule has 2 N–H and O–H groups in total. The van der Waals surface area contributed by atoms with Crippen LogP contribution in [0.5, 0.6) is 5.75 Å². The fraction of sp³-hybridized carbons (Fsp3) is 0.500. The van der Waals surface area contributed by atoms with Gasteiger partial charge < -0.3 is 15.2 Å². The van der Waals surface area contributed by atoms with Gasteiger partial charge in [-0.25, -0.2) is 0 Å². The maximum atomic E-state index is 9.62. The van der Waals surface area contributed by atoms with Gasteiger partial charge in [0.2, 0.25) is 0 Å². The number of hydrogen-bond donors (Lipinski definition) is 2. The van der Waals surface area contributed by atoms with E-state index in [-0.39, 0.29) is 6.04 Å². The monoisotopic (exact) mass is 207 g/mol. The van der Waals surface area contributed by atoms with E-state index in [0.29, 0.717) is 0 Å². The minimum absolute atomic E-state index is 0.00380. The van der Waals surface area contributed by atoms with Crippen molar-refractivity contribution >= 4 is 0 Å². The highest BCUT2D eigenvalue weighted by molar-refractivity contribution is 5.41. The quantitative estimate of drug-likeness (QED) is 0.784.